The van der Waals surface area contributed by atoms with Crippen molar-refractivity contribution >= 4 is 28.9 Å². The second kappa shape index (κ2) is 9.84. The lowest BCUT2D eigenvalue weighted by atomic mass is 9.98. The number of aryl methyl sites for hydroxylation is 2. The molecule has 2 aliphatic rings. The van der Waals surface area contributed by atoms with Crippen molar-refractivity contribution in [1.29, 1.82) is 0 Å². The zero-order valence-corrected chi connectivity index (χ0v) is 18.5. The number of halogens is 1. The first kappa shape index (κ1) is 21.2. The van der Waals surface area contributed by atoms with Crippen LogP contribution in [0, 0.1) is 5.92 Å². The van der Waals surface area contributed by atoms with Crippen molar-refractivity contribution in [2.75, 3.05) is 37.7 Å². The lowest BCUT2D eigenvalue weighted by molar-refractivity contribution is -0.149. The van der Waals surface area contributed by atoms with E-state index >= 15 is 0 Å². The number of rotatable bonds is 6. The van der Waals surface area contributed by atoms with E-state index in [2.05, 4.69) is 46.2 Å². The fourth-order valence-electron chi connectivity index (χ4n) is 4.79. The molecular weight excluding hydrogens is 396 g/mol. The van der Waals surface area contributed by atoms with Crippen molar-refractivity contribution in [2.45, 2.75) is 39.0 Å². The second-order valence-corrected chi connectivity index (χ2v) is 8.74. The Kier molecular flexibility index (Phi) is 6.96. The number of hydrogen-bond acceptors (Lipinski definition) is 4. The second-order valence-electron chi connectivity index (χ2n) is 8.30. The number of ether oxygens (including phenoxy) is 1. The van der Waals surface area contributed by atoms with E-state index in [1.54, 1.807) is 0 Å². The predicted octanol–water partition coefficient (Wildman–Crippen LogP) is 5.24. The lowest BCUT2D eigenvalue weighted by Gasteiger charge is -2.33. The Morgan fingerprint density at radius 3 is 2.73 bits per heavy atom. The Bertz CT molecular complexity index is 885. The van der Waals surface area contributed by atoms with Gasteiger partial charge in [-0.05, 0) is 81.4 Å². The fourth-order valence-corrected chi connectivity index (χ4v) is 4.96. The van der Waals surface area contributed by atoms with Crippen LogP contribution in [0.4, 0.5) is 11.4 Å². The van der Waals surface area contributed by atoms with E-state index in [1.165, 1.54) is 22.5 Å². The number of esters is 1. The van der Waals surface area contributed by atoms with Gasteiger partial charge in [0.25, 0.3) is 0 Å². The molecular formula is C25H31ClN2O2. The number of benzene rings is 2. The zero-order chi connectivity index (χ0) is 20.9. The van der Waals surface area contributed by atoms with Gasteiger partial charge in [-0.15, -0.1) is 0 Å². The molecule has 0 aromatic heterocycles. The van der Waals surface area contributed by atoms with Crippen molar-refractivity contribution in [3.05, 3.63) is 58.6 Å². The van der Waals surface area contributed by atoms with Crippen LogP contribution in [0.25, 0.3) is 0 Å². The molecule has 4 rings (SSSR count). The summed E-state index contributed by atoms with van der Waals surface area (Å²) >= 11 is 6.37. The molecule has 0 unspecified atom stereocenters. The van der Waals surface area contributed by atoms with Crippen LogP contribution in [0.2, 0.25) is 5.02 Å². The lowest BCUT2D eigenvalue weighted by Crippen LogP contribution is -2.40. The van der Waals surface area contributed by atoms with Gasteiger partial charge in [-0.25, -0.2) is 0 Å². The van der Waals surface area contributed by atoms with Crippen LogP contribution in [-0.4, -0.2) is 43.7 Å². The summed E-state index contributed by atoms with van der Waals surface area (Å²) < 4.78 is 5.25. The summed E-state index contributed by atoms with van der Waals surface area (Å²) in [5.74, 6) is -0.00985. The molecule has 1 fully saturated rings. The Balaban J connectivity index is 1.45. The molecule has 160 valence electrons. The summed E-state index contributed by atoms with van der Waals surface area (Å²) in [5.41, 5.74) is 5.28. The monoisotopic (exact) mass is 426 g/mol. The average Bonchev–Trinajstić information content (AvgIpc) is 2.91. The molecule has 0 bridgehead atoms. The van der Waals surface area contributed by atoms with Gasteiger partial charge in [-0.1, -0.05) is 35.9 Å². The standard InChI is InChI=1S/C25H31ClN2O2/c1-2-30-25(29)21-8-5-14-27(18-21)15-6-16-28-23-9-4-3-7-19(23)10-11-20-12-13-22(26)17-24(20)28/h3-4,7,9,12-13,17,21H,2,5-6,8,10-11,14-16,18H2,1H3/t21-/m1/s1. The number of anilines is 2. The topological polar surface area (TPSA) is 32.8 Å². The van der Waals surface area contributed by atoms with Gasteiger partial charge in [0.1, 0.15) is 0 Å². The number of fused-ring (bicyclic) bond motifs is 2. The maximum atomic E-state index is 12.1. The number of nitrogens with zero attached hydrogens (tertiary/aromatic N) is 2. The summed E-state index contributed by atoms with van der Waals surface area (Å²) in [6.07, 6.45) is 5.13. The molecule has 2 aromatic rings. The van der Waals surface area contributed by atoms with Crippen molar-refractivity contribution in [3.8, 4) is 0 Å². The van der Waals surface area contributed by atoms with Crippen LogP contribution in [0.3, 0.4) is 0 Å². The molecule has 2 heterocycles. The maximum absolute atomic E-state index is 12.1. The van der Waals surface area contributed by atoms with Gasteiger partial charge in [0.05, 0.1) is 12.5 Å². The number of piperidine rings is 1. The van der Waals surface area contributed by atoms with Crippen molar-refractivity contribution in [1.82, 2.24) is 4.90 Å². The van der Waals surface area contributed by atoms with Gasteiger partial charge in [0, 0.05) is 29.5 Å². The smallest absolute Gasteiger partial charge is 0.310 e. The number of carbonyl (C=O) groups is 1. The van der Waals surface area contributed by atoms with E-state index in [-0.39, 0.29) is 11.9 Å². The average molecular weight is 427 g/mol. The van der Waals surface area contributed by atoms with Gasteiger partial charge in [-0.3, -0.25) is 4.79 Å². The van der Waals surface area contributed by atoms with Crippen LogP contribution in [-0.2, 0) is 22.4 Å². The molecule has 0 radical (unpaired) electrons. The Labute approximate surface area is 184 Å². The third-order valence-electron chi connectivity index (χ3n) is 6.27. The zero-order valence-electron chi connectivity index (χ0n) is 17.8. The highest BCUT2D eigenvalue weighted by Gasteiger charge is 2.27. The Morgan fingerprint density at radius 1 is 1.10 bits per heavy atom. The Hall–Kier alpha value is -2.04. The number of hydrogen-bond donors (Lipinski definition) is 0. The first-order chi connectivity index (χ1) is 14.7. The van der Waals surface area contributed by atoms with Gasteiger partial charge >= 0.3 is 5.97 Å². The van der Waals surface area contributed by atoms with Gasteiger partial charge in [0.2, 0.25) is 0 Å². The van der Waals surface area contributed by atoms with Gasteiger partial charge in [0.15, 0.2) is 0 Å². The van der Waals surface area contributed by atoms with E-state index in [0.29, 0.717) is 6.61 Å². The highest BCUT2D eigenvalue weighted by atomic mass is 35.5. The van der Waals surface area contributed by atoms with Crippen LogP contribution in [0.1, 0.15) is 37.3 Å². The normalized spacial score (nSPS) is 19.0. The summed E-state index contributed by atoms with van der Waals surface area (Å²) in [4.78, 5) is 17.0. The minimum atomic E-state index is -0.0350. The largest absolute Gasteiger partial charge is 0.466 e. The maximum Gasteiger partial charge on any atom is 0.310 e. The molecule has 0 amide bonds. The molecule has 1 atom stereocenters. The van der Waals surface area contributed by atoms with Crippen LogP contribution in [0.5, 0.6) is 0 Å². The molecule has 2 aromatic carbocycles. The molecule has 0 aliphatic carbocycles. The summed E-state index contributed by atoms with van der Waals surface area (Å²) in [6, 6.07) is 15.0. The Morgan fingerprint density at radius 2 is 1.90 bits per heavy atom. The molecule has 0 saturated carbocycles. The highest BCUT2D eigenvalue weighted by Crippen LogP contribution is 2.37. The van der Waals surface area contributed by atoms with E-state index in [1.807, 2.05) is 13.0 Å². The number of likely N-dealkylation sites (tertiary alicyclic amines) is 1. The highest BCUT2D eigenvalue weighted by molar-refractivity contribution is 6.30. The SMILES string of the molecule is CCOC(=O)[C@@H]1CCCN(CCCN2c3ccccc3CCc3ccc(Cl)cc32)C1. The minimum absolute atomic E-state index is 0.0251. The van der Waals surface area contributed by atoms with Crippen LogP contribution < -0.4 is 4.90 Å². The molecule has 0 N–H and O–H groups in total. The van der Waals surface area contributed by atoms with Crippen molar-refractivity contribution in [2.24, 2.45) is 5.92 Å². The minimum Gasteiger partial charge on any atom is -0.466 e. The number of carbonyl (C=O) groups excluding carboxylic acids is 1. The molecule has 4 nitrogen and oxygen atoms in total. The van der Waals surface area contributed by atoms with Gasteiger partial charge < -0.3 is 14.5 Å². The van der Waals surface area contributed by atoms with Crippen molar-refractivity contribution < 1.29 is 9.53 Å². The van der Waals surface area contributed by atoms with E-state index < -0.39 is 0 Å². The first-order valence-electron chi connectivity index (χ1n) is 11.2. The summed E-state index contributed by atoms with van der Waals surface area (Å²) in [7, 11) is 0. The quantitative estimate of drug-likeness (QED) is 0.591. The predicted molar refractivity (Wildman–Crippen MR) is 123 cm³/mol. The molecule has 0 spiro atoms. The fraction of sp³-hybridized carbons (Fsp3) is 0.480. The van der Waals surface area contributed by atoms with Crippen molar-refractivity contribution in [3.63, 3.8) is 0 Å². The third-order valence-corrected chi connectivity index (χ3v) is 6.50. The third kappa shape index (κ3) is 4.81. The molecule has 5 heteroatoms. The van der Waals surface area contributed by atoms with E-state index in [4.69, 9.17) is 16.3 Å². The van der Waals surface area contributed by atoms with Crippen LogP contribution >= 0.6 is 11.6 Å². The summed E-state index contributed by atoms with van der Waals surface area (Å²) in [5, 5.41) is 0.784. The van der Waals surface area contributed by atoms with E-state index in [9.17, 15) is 4.79 Å². The van der Waals surface area contributed by atoms with Crippen LogP contribution in [0.15, 0.2) is 42.5 Å². The summed E-state index contributed by atoms with van der Waals surface area (Å²) in [6.45, 7) is 6.15. The number of para-hydroxylation sites is 1. The van der Waals surface area contributed by atoms with Gasteiger partial charge in [-0.2, -0.15) is 0 Å². The molecule has 1 saturated heterocycles. The molecule has 2 aliphatic heterocycles. The van der Waals surface area contributed by atoms with E-state index in [0.717, 1.165) is 63.3 Å². The molecule has 30 heavy (non-hydrogen) atoms. The first-order valence-corrected chi connectivity index (χ1v) is 11.6.